The number of hydrogen-bond donors (Lipinski definition) is 2. The maximum absolute atomic E-state index is 5.25. The average Bonchev–Trinajstić information content (AvgIpc) is 2.75. The number of thiocarbonyl (C=S) groups is 1. The van der Waals surface area contributed by atoms with Gasteiger partial charge in [-0.1, -0.05) is 0 Å². The molecule has 0 spiro atoms. The molecule has 0 bridgehead atoms. The quantitative estimate of drug-likeness (QED) is 0.542. The highest BCUT2D eigenvalue weighted by molar-refractivity contribution is 7.80. The van der Waals surface area contributed by atoms with Gasteiger partial charge in [0.1, 0.15) is 0 Å². The van der Waals surface area contributed by atoms with Crippen LogP contribution in [0.2, 0.25) is 0 Å². The predicted molar refractivity (Wildman–Crippen MR) is 76.6 cm³/mol. The molecule has 0 radical (unpaired) electrons. The summed E-state index contributed by atoms with van der Waals surface area (Å²) in [6, 6.07) is 2.01. The van der Waals surface area contributed by atoms with Crippen molar-refractivity contribution >= 4 is 17.3 Å². The molecule has 6 heteroatoms. The minimum atomic E-state index is 0.702. The molecular formula is C12H22N4OS. The molecule has 1 aromatic rings. The van der Waals surface area contributed by atoms with Crippen LogP contribution in [-0.2, 0) is 18.2 Å². The molecule has 0 saturated carbocycles. The molecule has 18 heavy (non-hydrogen) atoms. The standard InChI is InChI=1S/C12H22N4OS/c1-3-17-10-4-7-13-12(18)14-8-5-11-6-9-15-16(11)2/h6,9H,3-5,7-8,10H2,1-2H3,(H2,13,14,18). The molecule has 0 amide bonds. The summed E-state index contributed by atoms with van der Waals surface area (Å²) in [7, 11) is 1.94. The monoisotopic (exact) mass is 270 g/mol. The first-order valence-corrected chi connectivity index (χ1v) is 6.71. The van der Waals surface area contributed by atoms with Crippen LogP contribution in [0.4, 0.5) is 0 Å². The zero-order chi connectivity index (χ0) is 13.2. The van der Waals surface area contributed by atoms with E-state index in [-0.39, 0.29) is 0 Å². The predicted octanol–water partition coefficient (Wildman–Crippen LogP) is 0.853. The van der Waals surface area contributed by atoms with Gasteiger partial charge in [0.05, 0.1) is 0 Å². The Morgan fingerprint density at radius 3 is 2.89 bits per heavy atom. The Morgan fingerprint density at radius 1 is 1.44 bits per heavy atom. The van der Waals surface area contributed by atoms with Crippen LogP contribution in [0.15, 0.2) is 12.3 Å². The van der Waals surface area contributed by atoms with Crippen molar-refractivity contribution in [2.24, 2.45) is 7.05 Å². The van der Waals surface area contributed by atoms with Crippen molar-refractivity contribution < 1.29 is 4.74 Å². The maximum atomic E-state index is 5.25. The van der Waals surface area contributed by atoms with E-state index >= 15 is 0 Å². The van der Waals surface area contributed by atoms with Gasteiger partial charge in [-0.3, -0.25) is 4.68 Å². The number of hydrogen-bond acceptors (Lipinski definition) is 3. The second-order valence-electron chi connectivity index (χ2n) is 3.93. The summed E-state index contributed by atoms with van der Waals surface area (Å²) in [6.07, 6.45) is 3.69. The van der Waals surface area contributed by atoms with Crippen molar-refractivity contribution in [3.05, 3.63) is 18.0 Å². The Hall–Kier alpha value is -1.14. The fourth-order valence-electron chi connectivity index (χ4n) is 1.53. The number of ether oxygens (including phenoxy) is 1. The second kappa shape index (κ2) is 8.88. The fourth-order valence-corrected chi connectivity index (χ4v) is 1.74. The first-order valence-electron chi connectivity index (χ1n) is 6.30. The van der Waals surface area contributed by atoms with Gasteiger partial charge in [0.15, 0.2) is 5.11 Å². The SMILES string of the molecule is CCOCCCNC(=S)NCCc1ccnn1C. The van der Waals surface area contributed by atoms with Crippen LogP contribution in [0.1, 0.15) is 19.0 Å². The Labute approximate surface area is 114 Å². The van der Waals surface area contributed by atoms with Gasteiger partial charge in [-0.25, -0.2) is 0 Å². The maximum Gasteiger partial charge on any atom is 0.166 e. The van der Waals surface area contributed by atoms with Crippen LogP contribution in [0, 0.1) is 0 Å². The summed E-state index contributed by atoms with van der Waals surface area (Å²) in [6.45, 7) is 5.21. The molecule has 0 atom stereocenters. The van der Waals surface area contributed by atoms with Crippen LogP contribution in [-0.4, -0.2) is 41.2 Å². The lowest BCUT2D eigenvalue weighted by atomic mass is 10.3. The summed E-state index contributed by atoms with van der Waals surface area (Å²) in [5.41, 5.74) is 1.20. The number of aromatic nitrogens is 2. The van der Waals surface area contributed by atoms with E-state index in [9.17, 15) is 0 Å². The van der Waals surface area contributed by atoms with Crippen molar-refractivity contribution in [2.45, 2.75) is 19.8 Å². The van der Waals surface area contributed by atoms with E-state index in [1.165, 1.54) is 5.69 Å². The second-order valence-corrected chi connectivity index (χ2v) is 4.34. The third-order valence-electron chi connectivity index (χ3n) is 2.54. The summed E-state index contributed by atoms with van der Waals surface area (Å²) >= 11 is 5.17. The van der Waals surface area contributed by atoms with Crippen molar-refractivity contribution in [1.29, 1.82) is 0 Å². The number of rotatable bonds is 8. The van der Waals surface area contributed by atoms with Gasteiger partial charge in [-0.2, -0.15) is 5.10 Å². The minimum Gasteiger partial charge on any atom is -0.382 e. The smallest absolute Gasteiger partial charge is 0.166 e. The zero-order valence-corrected chi connectivity index (χ0v) is 11.9. The van der Waals surface area contributed by atoms with E-state index in [0.717, 1.165) is 39.1 Å². The van der Waals surface area contributed by atoms with Gasteiger partial charge in [0.2, 0.25) is 0 Å². The third kappa shape index (κ3) is 5.97. The van der Waals surface area contributed by atoms with Crippen LogP contribution in [0.25, 0.3) is 0 Å². The molecule has 1 rings (SSSR count). The van der Waals surface area contributed by atoms with Crippen LogP contribution >= 0.6 is 12.2 Å². The first-order chi connectivity index (χ1) is 8.74. The number of aryl methyl sites for hydroxylation is 1. The third-order valence-corrected chi connectivity index (χ3v) is 2.83. The molecule has 5 nitrogen and oxygen atoms in total. The highest BCUT2D eigenvalue weighted by Crippen LogP contribution is 1.95. The van der Waals surface area contributed by atoms with Crippen LogP contribution < -0.4 is 10.6 Å². The van der Waals surface area contributed by atoms with E-state index in [1.54, 1.807) is 6.20 Å². The Balaban J connectivity index is 2.02. The van der Waals surface area contributed by atoms with Crippen LogP contribution in [0.3, 0.4) is 0 Å². The molecule has 0 aliphatic heterocycles. The average molecular weight is 270 g/mol. The van der Waals surface area contributed by atoms with Crippen molar-refractivity contribution in [3.8, 4) is 0 Å². The Bertz CT molecular complexity index is 354. The lowest BCUT2D eigenvalue weighted by Gasteiger charge is -2.10. The molecule has 0 saturated heterocycles. The molecule has 0 aliphatic carbocycles. The van der Waals surface area contributed by atoms with E-state index in [0.29, 0.717) is 5.11 Å². The van der Waals surface area contributed by atoms with E-state index < -0.39 is 0 Å². The van der Waals surface area contributed by atoms with Gasteiger partial charge in [0.25, 0.3) is 0 Å². The minimum absolute atomic E-state index is 0.702. The lowest BCUT2D eigenvalue weighted by Crippen LogP contribution is -2.37. The highest BCUT2D eigenvalue weighted by Gasteiger charge is 1.99. The molecule has 0 aliphatic rings. The molecule has 2 N–H and O–H groups in total. The molecule has 0 aromatic carbocycles. The summed E-state index contributed by atoms with van der Waals surface area (Å²) in [4.78, 5) is 0. The normalized spacial score (nSPS) is 10.3. The van der Waals surface area contributed by atoms with Gasteiger partial charge in [-0.15, -0.1) is 0 Å². The molecule has 1 heterocycles. The van der Waals surface area contributed by atoms with E-state index in [4.69, 9.17) is 17.0 Å². The van der Waals surface area contributed by atoms with Gasteiger partial charge in [-0.05, 0) is 31.6 Å². The van der Waals surface area contributed by atoms with Crippen LogP contribution in [0.5, 0.6) is 0 Å². The largest absolute Gasteiger partial charge is 0.382 e. The Morgan fingerprint density at radius 2 is 2.22 bits per heavy atom. The van der Waals surface area contributed by atoms with Gasteiger partial charge < -0.3 is 15.4 Å². The van der Waals surface area contributed by atoms with E-state index in [2.05, 4.69) is 15.7 Å². The van der Waals surface area contributed by atoms with Crippen molar-refractivity contribution in [3.63, 3.8) is 0 Å². The first kappa shape index (κ1) is 14.9. The van der Waals surface area contributed by atoms with Crippen molar-refractivity contribution in [1.82, 2.24) is 20.4 Å². The molecule has 0 fully saturated rings. The Kier molecular flexibility index (Phi) is 7.36. The topological polar surface area (TPSA) is 51.1 Å². The fraction of sp³-hybridized carbons (Fsp3) is 0.667. The van der Waals surface area contributed by atoms with Gasteiger partial charge in [0, 0.05) is 51.7 Å². The van der Waals surface area contributed by atoms with Crippen molar-refractivity contribution in [2.75, 3.05) is 26.3 Å². The highest BCUT2D eigenvalue weighted by atomic mass is 32.1. The molecular weight excluding hydrogens is 248 g/mol. The summed E-state index contributed by atoms with van der Waals surface area (Å²) in [5.74, 6) is 0. The zero-order valence-electron chi connectivity index (χ0n) is 11.1. The number of nitrogens with one attached hydrogen (secondary N) is 2. The molecule has 1 aromatic heterocycles. The molecule has 0 unspecified atom stereocenters. The summed E-state index contributed by atoms with van der Waals surface area (Å²) in [5, 5.41) is 11.2. The summed E-state index contributed by atoms with van der Waals surface area (Å²) < 4.78 is 7.12. The molecule has 102 valence electrons. The van der Waals surface area contributed by atoms with E-state index in [1.807, 2.05) is 24.7 Å². The number of nitrogens with zero attached hydrogens (tertiary/aromatic N) is 2. The van der Waals surface area contributed by atoms with Gasteiger partial charge >= 0.3 is 0 Å². The lowest BCUT2D eigenvalue weighted by molar-refractivity contribution is 0.145.